The second-order valence-corrected chi connectivity index (χ2v) is 4.58. The van der Waals surface area contributed by atoms with Crippen molar-refractivity contribution < 1.29 is 4.74 Å². The summed E-state index contributed by atoms with van der Waals surface area (Å²) in [4.78, 5) is 0. The number of nitrogens with two attached hydrogens (primary N) is 1. The SMILES string of the molecule is Cc1cc(Oc2c(C#N)c(C)nn2C)c(C)cc1N. The number of nitrogens with zero attached hydrogens (tertiary/aromatic N) is 3. The van der Waals surface area contributed by atoms with Gasteiger partial charge in [0, 0.05) is 12.7 Å². The third-order valence-corrected chi connectivity index (χ3v) is 3.05. The van der Waals surface area contributed by atoms with Crippen molar-refractivity contribution in [2.24, 2.45) is 7.05 Å². The topological polar surface area (TPSA) is 76.9 Å². The van der Waals surface area contributed by atoms with Gasteiger partial charge in [-0.15, -0.1) is 0 Å². The molecule has 0 spiro atoms. The van der Waals surface area contributed by atoms with E-state index in [-0.39, 0.29) is 0 Å². The van der Waals surface area contributed by atoms with E-state index in [2.05, 4.69) is 11.2 Å². The van der Waals surface area contributed by atoms with E-state index in [1.807, 2.05) is 26.0 Å². The second kappa shape index (κ2) is 4.65. The van der Waals surface area contributed by atoms with Gasteiger partial charge >= 0.3 is 0 Å². The highest BCUT2D eigenvalue weighted by Gasteiger charge is 2.16. The van der Waals surface area contributed by atoms with Crippen LogP contribution in [0.25, 0.3) is 0 Å². The van der Waals surface area contributed by atoms with Crippen LogP contribution in [0.5, 0.6) is 11.6 Å². The molecule has 0 aliphatic rings. The van der Waals surface area contributed by atoms with Crippen molar-refractivity contribution in [3.8, 4) is 17.7 Å². The molecule has 0 unspecified atom stereocenters. The molecule has 19 heavy (non-hydrogen) atoms. The molecule has 2 rings (SSSR count). The fourth-order valence-electron chi connectivity index (χ4n) is 1.91. The van der Waals surface area contributed by atoms with E-state index in [4.69, 9.17) is 15.7 Å². The Labute approximate surface area is 112 Å². The summed E-state index contributed by atoms with van der Waals surface area (Å²) in [6, 6.07) is 5.85. The molecule has 1 aromatic carbocycles. The predicted molar refractivity (Wildman–Crippen MR) is 73.1 cm³/mol. The lowest BCUT2D eigenvalue weighted by atomic mass is 10.1. The van der Waals surface area contributed by atoms with E-state index in [9.17, 15) is 0 Å². The molecule has 1 heterocycles. The van der Waals surface area contributed by atoms with Gasteiger partial charge in [0.1, 0.15) is 17.4 Å². The normalized spacial score (nSPS) is 10.3. The highest BCUT2D eigenvalue weighted by Crippen LogP contribution is 2.31. The fraction of sp³-hybridized carbons (Fsp3) is 0.286. The molecule has 0 saturated carbocycles. The third-order valence-electron chi connectivity index (χ3n) is 3.05. The zero-order valence-corrected chi connectivity index (χ0v) is 11.5. The maximum absolute atomic E-state index is 9.16. The summed E-state index contributed by atoms with van der Waals surface area (Å²) in [5.74, 6) is 1.14. The van der Waals surface area contributed by atoms with E-state index in [1.165, 1.54) is 0 Å². The Balaban J connectivity index is 2.48. The standard InChI is InChI=1S/C14H16N4O/c1-8-6-13(9(2)5-12(8)16)19-14-11(7-15)10(3)17-18(14)4/h5-6H,16H2,1-4H3. The van der Waals surface area contributed by atoms with E-state index in [0.29, 0.717) is 22.9 Å². The molecule has 0 amide bonds. The summed E-state index contributed by atoms with van der Waals surface area (Å²) < 4.78 is 7.41. The van der Waals surface area contributed by atoms with Crippen LogP contribution in [0.15, 0.2) is 12.1 Å². The first-order valence-electron chi connectivity index (χ1n) is 5.92. The smallest absolute Gasteiger partial charge is 0.235 e. The van der Waals surface area contributed by atoms with E-state index < -0.39 is 0 Å². The molecule has 0 radical (unpaired) electrons. The minimum Gasteiger partial charge on any atom is -0.438 e. The first-order chi connectivity index (χ1) is 8.93. The summed E-state index contributed by atoms with van der Waals surface area (Å²) in [6.07, 6.45) is 0. The molecule has 0 bridgehead atoms. The van der Waals surface area contributed by atoms with Gasteiger partial charge in [0.05, 0.1) is 5.69 Å². The van der Waals surface area contributed by atoms with Crippen LogP contribution >= 0.6 is 0 Å². The van der Waals surface area contributed by atoms with Gasteiger partial charge in [0.2, 0.25) is 5.88 Å². The average molecular weight is 256 g/mol. The van der Waals surface area contributed by atoms with Crippen molar-refractivity contribution in [3.63, 3.8) is 0 Å². The lowest BCUT2D eigenvalue weighted by molar-refractivity contribution is 0.426. The number of hydrogen-bond donors (Lipinski definition) is 1. The molecule has 0 atom stereocenters. The summed E-state index contributed by atoms with van der Waals surface area (Å²) in [5, 5.41) is 13.3. The van der Waals surface area contributed by atoms with Crippen LogP contribution in [-0.4, -0.2) is 9.78 Å². The van der Waals surface area contributed by atoms with Crippen LogP contribution in [0.1, 0.15) is 22.4 Å². The number of hydrogen-bond acceptors (Lipinski definition) is 4. The van der Waals surface area contributed by atoms with E-state index >= 15 is 0 Å². The summed E-state index contributed by atoms with van der Waals surface area (Å²) in [7, 11) is 1.75. The Morgan fingerprint density at radius 1 is 1.26 bits per heavy atom. The molecule has 5 nitrogen and oxygen atoms in total. The van der Waals surface area contributed by atoms with Gasteiger partial charge in [0.25, 0.3) is 0 Å². The molecule has 5 heteroatoms. The second-order valence-electron chi connectivity index (χ2n) is 4.58. The first kappa shape index (κ1) is 13.0. The van der Waals surface area contributed by atoms with Crippen LogP contribution in [0.2, 0.25) is 0 Å². The first-order valence-corrected chi connectivity index (χ1v) is 5.92. The Morgan fingerprint density at radius 3 is 2.58 bits per heavy atom. The van der Waals surface area contributed by atoms with Crippen LogP contribution in [0.3, 0.4) is 0 Å². The van der Waals surface area contributed by atoms with Crippen molar-refractivity contribution in [1.82, 2.24) is 9.78 Å². The van der Waals surface area contributed by atoms with Crippen LogP contribution in [0.4, 0.5) is 5.69 Å². The van der Waals surface area contributed by atoms with E-state index in [1.54, 1.807) is 18.7 Å². The minimum atomic E-state index is 0.451. The summed E-state index contributed by atoms with van der Waals surface area (Å²) >= 11 is 0. The van der Waals surface area contributed by atoms with Crippen LogP contribution in [-0.2, 0) is 7.05 Å². The highest BCUT2D eigenvalue weighted by atomic mass is 16.5. The predicted octanol–water partition coefficient (Wildman–Crippen LogP) is 2.59. The fourth-order valence-corrected chi connectivity index (χ4v) is 1.91. The van der Waals surface area contributed by atoms with Gasteiger partial charge in [-0.1, -0.05) is 0 Å². The Bertz CT molecular complexity index is 680. The van der Waals surface area contributed by atoms with Gasteiger partial charge in [-0.2, -0.15) is 10.4 Å². The molecule has 0 saturated heterocycles. The lowest BCUT2D eigenvalue weighted by Crippen LogP contribution is -1.99. The number of aromatic nitrogens is 2. The van der Waals surface area contributed by atoms with Crippen molar-refractivity contribution in [2.45, 2.75) is 20.8 Å². The largest absolute Gasteiger partial charge is 0.438 e. The van der Waals surface area contributed by atoms with Gasteiger partial charge in [0.15, 0.2) is 0 Å². The minimum absolute atomic E-state index is 0.451. The molecule has 0 aliphatic carbocycles. The Hall–Kier alpha value is -2.48. The van der Waals surface area contributed by atoms with Gasteiger partial charge in [-0.05, 0) is 44.0 Å². The number of rotatable bonds is 2. The van der Waals surface area contributed by atoms with Gasteiger partial charge in [-0.3, -0.25) is 0 Å². The maximum atomic E-state index is 9.16. The number of benzene rings is 1. The highest BCUT2D eigenvalue weighted by molar-refractivity contribution is 5.55. The third kappa shape index (κ3) is 2.25. The quantitative estimate of drug-likeness (QED) is 0.838. The Kier molecular flexibility index (Phi) is 3.17. The van der Waals surface area contributed by atoms with E-state index in [0.717, 1.165) is 16.8 Å². The molecular weight excluding hydrogens is 240 g/mol. The Morgan fingerprint density at radius 2 is 1.95 bits per heavy atom. The molecule has 0 fully saturated rings. The number of nitrogen functional groups attached to an aromatic ring is 1. The van der Waals surface area contributed by atoms with Gasteiger partial charge in [-0.25, -0.2) is 4.68 Å². The summed E-state index contributed by atoms with van der Waals surface area (Å²) in [6.45, 7) is 5.62. The number of anilines is 1. The molecule has 1 aromatic heterocycles. The average Bonchev–Trinajstić information content (AvgIpc) is 2.60. The number of aryl methyl sites for hydroxylation is 4. The van der Waals surface area contributed by atoms with Crippen LogP contribution in [0, 0.1) is 32.1 Å². The molecule has 2 aromatic rings. The van der Waals surface area contributed by atoms with Crippen molar-refractivity contribution in [2.75, 3.05) is 5.73 Å². The monoisotopic (exact) mass is 256 g/mol. The van der Waals surface area contributed by atoms with Crippen molar-refractivity contribution >= 4 is 5.69 Å². The molecule has 2 N–H and O–H groups in total. The molecular formula is C14H16N4O. The molecule has 98 valence electrons. The zero-order valence-electron chi connectivity index (χ0n) is 11.5. The zero-order chi connectivity index (χ0) is 14.2. The lowest BCUT2D eigenvalue weighted by Gasteiger charge is -2.11. The van der Waals surface area contributed by atoms with Crippen LogP contribution < -0.4 is 10.5 Å². The van der Waals surface area contributed by atoms with Crippen molar-refractivity contribution in [3.05, 3.63) is 34.5 Å². The summed E-state index contributed by atoms with van der Waals surface area (Å²) in [5.41, 5.74) is 9.55. The van der Waals surface area contributed by atoms with Gasteiger partial charge < -0.3 is 10.5 Å². The number of ether oxygens (including phenoxy) is 1. The maximum Gasteiger partial charge on any atom is 0.235 e. The molecule has 0 aliphatic heterocycles. The number of nitriles is 1. The van der Waals surface area contributed by atoms with Crippen molar-refractivity contribution in [1.29, 1.82) is 5.26 Å².